The average molecular weight is 252 g/mol. The van der Waals surface area contributed by atoms with Gasteiger partial charge in [0.15, 0.2) is 0 Å². The van der Waals surface area contributed by atoms with Gasteiger partial charge in [0, 0.05) is 6.54 Å². The number of nitrogens with zero attached hydrogens (tertiary/aromatic N) is 1. The highest BCUT2D eigenvalue weighted by Gasteiger charge is 2.38. The standard InChI is InChI=1S/C14H24N2O2/c1-12(2)18-10-9-16-13(17)14(11-15)7-5-3-4-6-8-14/h12H,3-10H2,1-2H3,(H,16,17). The summed E-state index contributed by atoms with van der Waals surface area (Å²) in [6.07, 6.45) is 5.78. The third-order valence-electron chi connectivity index (χ3n) is 3.44. The van der Waals surface area contributed by atoms with Crippen molar-refractivity contribution < 1.29 is 9.53 Å². The van der Waals surface area contributed by atoms with E-state index in [2.05, 4.69) is 11.4 Å². The molecule has 18 heavy (non-hydrogen) atoms. The molecule has 0 atom stereocenters. The summed E-state index contributed by atoms with van der Waals surface area (Å²) in [6.45, 7) is 4.92. The molecule has 1 amide bonds. The van der Waals surface area contributed by atoms with Crippen molar-refractivity contribution in [2.45, 2.75) is 58.5 Å². The van der Waals surface area contributed by atoms with Crippen LogP contribution in [-0.4, -0.2) is 25.2 Å². The number of rotatable bonds is 5. The molecular weight excluding hydrogens is 228 g/mol. The van der Waals surface area contributed by atoms with Gasteiger partial charge in [-0.3, -0.25) is 4.79 Å². The smallest absolute Gasteiger partial charge is 0.240 e. The number of hydrogen-bond acceptors (Lipinski definition) is 3. The summed E-state index contributed by atoms with van der Waals surface area (Å²) in [5, 5.41) is 12.2. The van der Waals surface area contributed by atoms with Crippen molar-refractivity contribution in [3.8, 4) is 6.07 Å². The molecule has 0 radical (unpaired) electrons. The number of ether oxygens (including phenoxy) is 1. The monoisotopic (exact) mass is 252 g/mol. The minimum Gasteiger partial charge on any atom is -0.377 e. The predicted molar refractivity (Wildman–Crippen MR) is 69.8 cm³/mol. The molecule has 0 spiro atoms. The summed E-state index contributed by atoms with van der Waals surface area (Å²) in [5.41, 5.74) is -0.797. The Morgan fingerprint density at radius 1 is 1.33 bits per heavy atom. The van der Waals surface area contributed by atoms with Crippen LogP contribution in [0, 0.1) is 16.7 Å². The molecule has 0 aromatic heterocycles. The Kier molecular flexibility index (Phi) is 6.14. The molecule has 0 saturated heterocycles. The lowest BCUT2D eigenvalue weighted by atomic mass is 9.81. The lowest BCUT2D eigenvalue weighted by molar-refractivity contribution is -0.129. The lowest BCUT2D eigenvalue weighted by Gasteiger charge is -2.23. The molecule has 102 valence electrons. The number of nitrogens with one attached hydrogen (secondary N) is 1. The second-order valence-corrected chi connectivity index (χ2v) is 5.28. The molecule has 4 nitrogen and oxygen atoms in total. The van der Waals surface area contributed by atoms with Gasteiger partial charge >= 0.3 is 0 Å². The van der Waals surface area contributed by atoms with Gasteiger partial charge in [-0.2, -0.15) is 5.26 Å². The SMILES string of the molecule is CC(C)OCCNC(=O)C1(C#N)CCCCCC1. The summed E-state index contributed by atoms with van der Waals surface area (Å²) in [7, 11) is 0. The van der Waals surface area contributed by atoms with Crippen molar-refractivity contribution >= 4 is 5.91 Å². The predicted octanol–water partition coefficient (Wildman–Crippen LogP) is 2.39. The number of carbonyl (C=O) groups is 1. The maximum absolute atomic E-state index is 12.2. The van der Waals surface area contributed by atoms with Gasteiger partial charge < -0.3 is 10.1 Å². The first-order valence-electron chi connectivity index (χ1n) is 6.92. The van der Waals surface area contributed by atoms with Crippen LogP contribution < -0.4 is 5.32 Å². The molecule has 1 aliphatic rings. The van der Waals surface area contributed by atoms with Gasteiger partial charge in [0.25, 0.3) is 0 Å². The van der Waals surface area contributed by atoms with E-state index in [9.17, 15) is 10.1 Å². The molecule has 1 rings (SSSR count). The largest absolute Gasteiger partial charge is 0.377 e. The Morgan fingerprint density at radius 3 is 2.44 bits per heavy atom. The third-order valence-corrected chi connectivity index (χ3v) is 3.44. The van der Waals surface area contributed by atoms with Crippen LogP contribution in [0.25, 0.3) is 0 Å². The van der Waals surface area contributed by atoms with E-state index < -0.39 is 5.41 Å². The van der Waals surface area contributed by atoms with E-state index in [0.29, 0.717) is 26.0 Å². The maximum atomic E-state index is 12.2. The fourth-order valence-corrected chi connectivity index (χ4v) is 2.35. The summed E-state index contributed by atoms with van der Waals surface area (Å²) >= 11 is 0. The highest BCUT2D eigenvalue weighted by Crippen LogP contribution is 2.34. The van der Waals surface area contributed by atoms with Gasteiger partial charge in [0.05, 0.1) is 18.8 Å². The van der Waals surface area contributed by atoms with E-state index in [1.54, 1.807) is 0 Å². The summed E-state index contributed by atoms with van der Waals surface area (Å²) in [4.78, 5) is 12.2. The zero-order valence-electron chi connectivity index (χ0n) is 11.5. The van der Waals surface area contributed by atoms with Crippen molar-refractivity contribution in [2.24, 2.45) is 5.41 Å². The van der Waals surface area contributed by atoms with Crippen LogP contribution in [-0.2, 0) is 9.53 Å². The van der Waals surface area contributed by atoms with Crippen LogP contribution in [0.15, 0.2) is 0 Å². The second-order valence-electron chi connectivity index (χ2n) is 5.28. The van der Waals surface area contributed by atoms with Crippen molar-refractivity contribution in [1.82, 2.24) is 5.32 Å². The molecule has 0 aromatic rings. The molecule has 4 heteroatoms. The van der Waals surface area contributed by atoms with E-state index in [4.69, 9.17) is 4.74 Å². The zero-order valence-corrected chi connectivity index (χ0v) is 11.5. The molecule has 0 heterocycles. The highest BCUT2D eigenvalue weighted by molar-refractivity contribution is 5.85. The Labute approximate surface area is 110 Å². The number of amides is 1. The first-order chi connectivity index (χ1) is 8.60. The number of carbonyl (C=O) groups excluding carboxylic acids is 1. The van der Waals surface area contributed by atoms with Crippen LogP contribution in [0.2, 0.25) is 0 Å². The normalized spacial score (nSPS) is 19.0. The van der Waals surface area contributed by atoms with Crippen molar-refractivity contribution in [3.63, 3.8) is 0 Å². The molecule has 1 N–H and O–H groups in total. The molecule has 1 aliphatic carbocycles. The van der Waals surface area contributed by atoms with Gasteiger partial charge in [0.2, 0.25) is 5.91 Å². The Morgan fingerprint density at radius 2 is 1.94 bits per heavy atom. The number of nitriles is 1. The van der Waals surface area contributed by atoms with Gasteiger partial charge in [0.1, 0.15) is 5.41 Å². The van der Waals surface area contributed by atoms with Crippen LogP contribution in [0.5, 0.6) is 0 Å². The highest BCUT2D eigenvalue weighted by atomic mass is 16.5. The van der Waals surface area contributed by atoms with Crippen molar-refractivity contribution in [1.29, 1.82) is 5.26 Å². The average Bonchev–Trinajstić information content (AvgIpc) is 2.60. The Bertz CT molecular complexity index is 299. The maximum Gasteiger partial charge on any atom is 0.240 e. The quantitative estimate of drug-likeness (QED) is 0.603. The van der Waals surface area contributed by atoms with E-state index in [1.165, 1.54) is 0 Å². The second kappa shape index (κ2) is 7.38. The topological polar surface area (TPSA) is 62.1 Å². The summed E-state index contributed by atoms with van der Waals surface area (Å²) in [5.74, 6) is -0.112. The molecule has 0 aromatic carbocycles. The van der Waals surface area contributed by atoms with Crippen molar-refractivity contribution in [2.75, 3.05) is 13.2 Å². The van der Waals surface area contributed by atoms with E-state index in [-0.39, 0.29) is 12.0 Å². The van der Waals surface area contributed by atoms with E-state index >= 15 is 0 Å². The minimum atomic E-state index is -0.797. The Hall–Kier alpha value is -1.08. The van der Waals surface area contributed by atoms with Crippen LogP contribution in [0.4, 0.5) is 0 Å². The molecule has 0 aliphatic heterocycles. The van der Waals surface area contributed by atoms with Crippen molar-refractivity contribution in [3.05, 3.63) is 0 Å². The fraction of sp³-hybridized carbons (Fsp3) is 0.857. The van der Waals surface area contributed by atoms with Gasteiger partial charge in [-0.05, 0) is 26.7 Å². The lowest BCUT2D eigenvalue weighted by Crippen LogP contribution is -2.41. The fourth-order valence-electron chi connectivity index (χ4n) is 2.35. The molecule has 1 saturated carbocycles. The molecular formula is C14H24N2O2. The van der Waals surface area contributed by atoms with Gasteiger partial charge in [-0.25, -0.2) is 0 Å². The van der Waals surface area contributed by atoms with Crippen LogP contribution in [0.3, 0.4) is 0 Å². The van der Waals surface area contributed by atoms with E-state index in [0.717, 1.165) is 25.7 Å². The van der Waals surface area contributed by atoms with Crippen LogP contribution in [0.1, 0.15) is 52.4 Å². The van der Waals surface area contributed by atoms with E-state index in [1.807, 2.05) is 13.8 Å². The number of hydrogen-bond donors (Lipinski definition) is 1. The van der Waals surface area contributed by atoms with Crippen LogP contribution >= 0.6 is 0 Å². The zero-order chi connectivity index (χ0) is 13.4. The molecule has 1 fully saturated rings. The minimum absolute atomic E-state index is 0.112. The first kappa shape index (κ1) is 15.0. The third kappa shape index (κ3) is 4.30. The summed E-state index contributed by atoms with van der Waals surface area (Å²) in [6, 6.07) is 2.25. The Balaban J connectivity index is 2.44. The van der Waals surface area contributed by atoms with Gasteiger partial charge in [-0.1, -0.05) is 25.7 Å². The first-order valence-corrected chi connectivity index (χ1v) is 6.92. The van der Waals surface area contributed by atoms with Gasteiger partial charge in [-0.15, -0.1) is 0 Å². The molecule has 0 bridgehead atoms. The molecule has 0 unspecified atom stereocenters. The summed E-state index contributed by atoms with van der Waals surface area (Å²) < 4.78 is 5.37.